The van der Waals surface area contributed by atoms with Crippen molar-refractivity contribution in [2.24, 2.45) is 0 Å². The van der Waals surface area contributed by atoms with Crippen molar-refractivity contribution >= 4 is 33.2 Å². The average molecular weight is 416 g/mol. The molecule has 0 aliphatic carbocycles. The summed E-state index contributed by atoms with van der Waals surface area (Å²) in [5.74, 6) is -0.583. The molecule has 2 aromatic carbocycles. The van der Waals surface area contributed by atoms with Crippen LogP contribution < -0.4 is 9.62 Å². The van der Waals surface area contributed by atoms with E-state index in [4.69, 9.17) is 0 Å². The van der Waals surface area contributed by atoms with Crippen LogP contribution in [-0.4, -0.2) is 51.0 Å². The monoisotopic (exact) mass is 415 g/mol. The van der Waals surface area contributed by atoms with E-state index in [2.05, 4.69) is 5.32 Å². The largest absolute Gasteiger partial charge is 0.332 e. The second kappa shape index (κ2) is 7.87. The van der Waals surface area contributed by atoms with E-state index in [0.29, 0.717) is 23.4 Å². The summed E-state index contributed by atoms with van der Waals surface area (Å²) in [5, 5.41) is 2.77. The van der Waals surface area contributed by atoms with Gasteiger partial charge >= 0.3 is 0 Å². The van der Waals surface area contributed by atoms with E-state index in [-0.39, 0.29) is 24.4 Å². The van der Waals surface area contributed by atoms with Gasteiger partial charge in [0, 0.05) is 24.3 Å². The number of nitrogens with zero attached hydrogens (tertiary/aromatic N) is 2. The van der Waals surface area contributed by atoms with E-state index < -0.39 is 10.0 Å². The summed E-state index contributed by atoms with van der Waals surface area (Å²) >= 11 is 0. The molecule has 0 aromatic heterocycles. The molecule has 1 N–H and O–H groups in total. The molecule has 0 saturated heterocycles. The fourth-order valence-corrected chi connectivity index (χ4v) is 4.85. The van der Waals surface area contributed by atoms with E-state index in [1.807, 2.05) is 38.1 Å². The maximum atomic E-state index is 12.8. The molecule has 1 heterocycles. The molecular formula is C21H25N3O4S. The maximum absolute atomic E-state index is 12.8. The zero-order valence-corrected chi connectivity index (χ0v) is 17.8. The van der Waals surface area contributed by atoms with Gasteiger partial charge in [-0.05, 0) is 56.2 Å². The summed E-state index contributed by atoms with van der Waals surface area (Å²) in [6.07, 6.45) is 1.72. The average Bonchev–Trinajstić information content (AvgIpc) is 2.97. The fourth-order valence-electron chi connectivity index (χ4n) is 3.59. The molecule has 1 aliphatic rings. The number of nitrogens with one attached hydrogen (secondary N) is 1. The maximum Gasteiger partial charge on any atom is 0.254 e. The predicted octanol–water partition coefficient (Wildman–Crippen LogP) is 2.42. The minimum Gasteiger partial charge on any atom is -0.332 e. The van der Waals surface area contributed by atoms with Crippen LogP contribution >= 0.6 is 0 Å². The minimum atomic E-state index is -3.38. The quantitative estimate of drug-likeness (QED) is 0.813. The summed E-state index contributed by atoms with van der Waals surface area (Å²) in [7, 11) is -1.81. The first-order valence-corrected chi connectivity index (χ1v) is 11.2. The standard InChI is InChI=1S/C21H25N3O4S/c1-14-5-8-18(9-6-14)22-20(25)13-23(3)21(26)16-7-10-19-17(12-16)11-15(2)24(19)29(4,27)28/h5-10,12,15H,11,13H2,1-4H3,(H,22,25). The van der Waals surface area contributed by atoms with Crippen molar-refractivity contribution in [1.29, 1.82) is 0 Å². The Morgan fingerprint density at radius 1 is 1.17 bits per heavy atom. The van der Waals surface area contributed by atoms with Crippen LogP contribution in [0.3, 0.4) is 0 Å². The van der Waals surface area contributed by atoms with Crippen molar-refractivity contribution < 1.29 is 18.0 Å². The topological polar surface area (TPSA) is 86.8 Å². The Balaban J connectivity index is 1.70. The van der Waals surface area contributed by atoms with Gasteiger partial charge in [0.2, 0.25) is 15.9 Å². The normalized spacial score (nSPS) is 15.7. The first kappa shape index (κ1) is 20.9. The molecule has 0 spiro atoms. The van der Waals surface area contributed by atoms with Gasteiger partial charge in [-0.3, -0.25) is 13.9 Å². The number of sulfonamides is 1. The Hall–Kier alpha value is -2.87. The highest BCUT2D eigenvalue weighted by Gasteiger charge is 2.33. The number of anilines is 2. The highest BCUT2D eigenvalue weighted by atomic mass is 32.2. The van der Waals surface area contributed by atoms with Gasteiger partial charge in [-0.1, -0.05) is 17.7 Å². The SMILES string of the molecule is Cc1ccc(NC(=O)CN(C)C(=O)c2ccc3c(c2)CC(C)N3S(C)(=O)=O)cc1. The zero-order valence-electron chi connectivity index (χ0n) is 17.0. The molecule has 0 bridgehead atoms. The molecular weight excluding hydrogens is 390 g/mol. The number of carbonyl (C=O) groups excluding carboxylic acids is 2. The van der Waals surface area contributed by atoms with Crippen LogP contribution in [-0.2, 0) is 21.2 Å². The summed E-state index contributed by atoms with van der Waals surface area (Å²) in [6.45, 7) is 3.71. The molecule has 7 nitrogen and oxygen atoms in total. The van der Waals surface area contributed by atoms with Crippen molar-refractivity contribution in [2.45, 2.75) is 26.3 Å². The smallest absolute Gasteiger partial charge is 0.254 e. The highest BCUT2D eigenvalue weighted by Crippen LogP contribution is 2.34. The van der Waals surface area contributed by atoms with Gasteiger partial charge in [0.1, 0.15) is 0 Å². The third kappa shape index (κ3) is 4.59. The van der Waals surface area contributed by atoms with E-state index in [0.717, 1.165) is 11.1 Å². The molecule has 154 valence electrons. The summed E-state index contributed by atoms with van der Waals surface area (Å²) in [6, 6.07) is 12.2. The third-order valence-electron chi connectivity index (χ3n) is 4.90. The third-order valence-corrected chi connectivity index (χ3v) is 6.17. The van der Waals surface area contributed by atoms with Crippen LogP contribution in [0.4, 0.5) is 11.4 Å². The zero-order chi connectivity index (χ0) is 21.3. The summed E-state index contributed by atoms with van der Waals surface area (Å²) in [4.78, 5) is 26.3. The van der Waals surface area contributed by atoms with Gasteiger partial charge in [-0.2, -0.15) is 0 Å². The molecule has 3 rings (SSSR count). The van der Waals surface area contributed by atoms with Crippen molar-refractivity contribution in [1.82, 2.24) is 4.90 Å². The summed E-state index contributed by atoms with van der Waals surface area (Å²) in [5.41, 5.74) is 3.61. The van der Waals surface area contributed by atoms with Crippen LogP contribution in [0.5, 0.6) is 0 Å². The fraction of sp³-hybridized carbons (Fsp3) is 0.333. The Morgan fingerprint density at radius 3 is 2.45 bits per heavy atom. The lowest BCUT2D eigenvalue weighted by atomic mass is 10.1. The first-order valence-electron chi connectivity index (χ1n) is 9.30. The van der Waals surface area contributed by atoms with Crippen LogP contribution in [0.15, 0.2) is 42.5 Å². The van der Waals surface area contributed by atoms with E-state index in [1.165, 1.54) is 15.5 Å². The summed E-state index contributed by atoms with van der Waals surface area (Å²) < 4.78 is 25.4. The first-order chi connectivity index (χ1) is 13.6. The number of likely N-dealkylation sites (N-methyl/N-ethyl adjacent to an activating group) is 1. The van der Waals surface area contributed by atoms with Gasteiger partial charge in [0.25, 0.3) is 5.91 Å². The Kier molecular flexibility index (Phi) is 5.66. The van der Waals surface area contributed by atoms with Crippen LogP contribution in [0.2, 0.25) is 0 Å². The molecule has 1 aliphatic heterocycles. The number of benzene rings is 2. The number of amides is 2. The van der Waals surface area contributed by atoms with Crippen LogP contribution in [0.1, 0.15) is 28.4 Å². The van der Waals surface area contributed by atoms with E-state index in [9.17, 15) is 18.0 Å². The lowest BCUT2D eigenvalue weighted by Gasteiger charge is -2.22. The van der Waals surface area contributed by atoms with Gasteiger partial charge in [0.05, 0.1) is 18.5 Å². The molecule has 0 fully saturated rings. The molecule has 1 atom stereocenters. The second-order valence-electron chi connectivity index (χ2n) is 7.53. The lowest BCUT2D eigenvalue weighted by molar-refractivity contribution is -0.116. The predicted molar refractivity (Wildman–Crippen MR) is 114 cm³/mol. The van der Waals surface area contributed by atoms with E-state index >= 15 is 0 Å². The second-order valence-corrected chi connectivity index (χ2v) is 9.39. The van der Waals surface area contributed by atoms with Gasteiger partial charge in [-0.25, -0.2) is 8.42 Å². The molecule has 2 aromatic rings. The number of rotatable bonds is 5. The van der Waals surface area contributed by atoms with Crippen molar-refractivity contribution in [3.05, 3.63) is 59.2 Å². The van der Waals surface area contributed by atoms with Gasteiger partial charge < -0.3 is 10.2 Å². The lowest BCUT2D eigenvalue weighted by Crippen LogP contribution is -2.35. The number of fused-ring (bicyclic) bond motifs is 1. The molecule has 2 amide bonds. The highest BCUT2D eigenvalue weighted by molar-refractivity contribution is 7.92. The van der Waals surface area contributed by atoms with Crippen LogP contribution in [0.25, 0.3) is 0 Å². The van der Waals surface area contributed by atoms with Crippen molar-refractivity contribution in [3.63, 3.8) is 0 Å². The minimum absolute atomic E-state index is 0.0876. The Bertz CT molecular complexity index is 1050. The Morgan fingerprint density at radius 2 is 1.83 bits per heavy atom. The number of hydrogen-bond acceptors (Lipinski definition) is 4. The molecule has 0 saturated carbocycles. The van der Waals surface area contributed by atoms with E-state index in [1.54, 1.807) is 25.2 Å². The molecule has 1 unspecified atom stereocenters. The van der Waals surface area contributed by atoms with Crippen molar-refractivity contribution in [2.75, 3.05) is 29.5 Å². The Labute approximate surface area is 171 Å². The van der Waals surface area contributed by atoms with Crippen molar-refractivity contribution in [3.8, 4) is 0 Å². The van der Waals surface area contributed by atoms with Crippen LogP contribution in [0, 0.1) is 6.92 Å². The molecule has 0 radical (unpaired) electrons. The van der Waals surface area contributed by atoms with Gasteiger partial charge in [-0.15, -0.1) is 0 Å². The molecule has 8 heteroatoms. The number of carbonyl (C=O) groups is 2. The van der Waals surface area contributed by atoms with Gasteiger partial charge in [0.15, 0.2) is 0 Å². The molecule has 29 heavy (non-hydrogen) atoms. The number of aryl methyl sites for hydroxylation is 1. The number of hydrogen-bond donors (Lipinski definition) is 1.